The first-order valence-electron chi connectivity index (χ1n) is 10.8. The number of hydrogen-bond acceptors (Lipinski definition) is 4. The Morgan fingerprint density at radius 2 is 2.03 bits per heavy atom. The molecule has 3 heterocycles. The fourth-order valence-corrected chi connectivity index (χ4v) is 4.61. The first-order chi connectivity index (χ1) is 16.4. The molecule has 0 bridgehead atoms. The van der Waals surface area contributed by atoms with Gasteiger partial charge in [0, 0.05) is 27.3 Å². The number of para-hydroxylation sites is 1. The van der Waals surface area contributed by atoms with Gasteiger partial charge in [-0.25, -0.2) is 14.2 Å². The van der Waals surface area contributed by atoms with Gasteiger partial charge in [-0.05, 0) is 42.3 Å². The largest absolute Gasteiger partial charge is 0.405 e. The van der Waals surface area contributed by atoms with Crippen LogP contribution in [0.25, 0.3) is 38.8 Å². The number of nitrogen functional groups attached to an aromatic ring is 1. The standard InChI is InChI=1S/C27H21ClFN3O2/c1-3-5-9-18-23-19-12-15(4-2)20(29)13-22(19)32(24(23)27(33)34-26(18)30)14-17-11-16-8-6-7-10-21(16)31-25(17)28/h3,5-13H,1,4,14,30H2,2H3/b9-5-. The molecule has 34 heavy (non-hydrogen) atoms. The minimum absolute atomic E-state index is 0.0116. The van der Waals surface area contributed by atoms with E-state index in [1.54, 1.807) is 28.9 Å². The van der Waals surface area contributed by atoms with E-state index in [1.165, 1.54) is 6.07 Å². The fourth-order valence-electron chi connectivity index (χ4n) is 4.41. The summed E-state index contributed by atoms with van der Waals surface area (Å²) in [6.07, 6.45) is 5.55. The zero-order valence-corrected chi connectivity index (χ0v) is 19.2. The van der Waals surface area contributed by atoms with Crippen molar-refractivity contribution in [1.82, 2.24) is 9.55 Å². The predicted molar refractivity (Wildman–Crippen MR) is 137 cm³/mol. The maximum Gasteiger partial charge on any atom is 0.362 e. The second-order valence-electron chi connectivity index (χ2n) is 8.02. The highest BCUT2D eigenvalue weighted by Crippen LogP contribution is 2.36. The third kappa shape index (κ3) is 3.47. The minimum Gasteiger partial charge on any atom is -0.405 e. The summed E-state index contributed by atoms with van der Waals surface area (Å²) >= 11 is 6.52. The van der Waals surface area contributed by atoms with Gasteiger partial charge in [0.15, 0.2) is 0 Å². The second kappa shape index (κ2) is 8.47. The molecule has 2 aromatic carbocycles. The van der Waals surface area contributed by atoms with Crippen molar-refractivity contribution < 1.29 is 8.81 Å². The second-order valence-corrected chi connectivity index (χ2v) is 8.38. The number of anilines is 1. The molecule has 0 aliphatic rings. The molecule has 3 aromatic heterocycles. The van der Waals surface area contributed by atoms with Gasteiger partial charge in [0.1, 0.15) is 16.5 Å². The number of nitrogens with zero attached hydrogens (tertiary/aromatic N) is 2. The topological polar surface area (TPSA) is 74.0 Å². The smallest absolute Gasteiger partial charge is 0.362 e. The number of pyridine rings is 1. The molecule has 0 fully saturated rings. The maximum atomic E-state index is 14.9. The van der Waals surface area contributed by atoms with Gasteiger partial charge in [-0.15, -0.1) is 0 Å². The van der Waals surface area contributed by atoms with E-state index in [-0.39, 0.29) is 23.8 Å². The summed E-state index contributed by atoms with van der Waals surface area (Å²) < 4.78 is 22.0. The van der Waals surface area contributed by atoms with Crippen molar-refractivity contribution in [3.8, 4) is 0 Å². The minimum atomic E-state index is -0.609. The first kappa shape index (κ1) is 21.9. The molecule has 5 aromatic rings. The van der Waals surface area contributed by atoms with Crippen molar-refractivity contribution in [3.63, 3.8) is 0 Å². The molecule has 0 aliphatic heterocycles. The number of halogens is 2. The van der Waals surface area contributed by atoms with Crippen LogP contribution < -0.4 is 11.4 Å². The monoisotopic (exact) mass is 473 g/mol. The molecular formula is C27H21ClFN3O2. The summed E-state index contributed by atoms with van der Waals surface area (Å²) in [6.45, 7) is 5.78. The van der Waals surface area contributed by atoms with E-state index >= 15 is 0 Å². The highest BCUT2D eigenvalue weighted by molar-refractivity contribution is 6.30. The Labute approximate surface area is 199 Å². The van der Waals surface area contributed by atoms with Crippen molar-refractivity contribution in [2.24, 2.45) is 0 Å². The summed E-state index contributed by atoms with van der Waals surface area (Å²) in [4.78, 5) is 17.6. The molecule has 0 spiro atoms. The molecule has 5 rings (SSSR count). The Kier molecular flexibility index (Phi) is 5.46. The van der Waals surface area contributed by atoms with Crippen LogP contribution in [0, 0.1) is 5.82 Å². The Bertz CT molecular complexity index is 1700. The quantitative estimate of drug-likeness (QED) is 0.234. The molecule has 7 heteroatoms. The van der Waals surface area contributed by atoms with Crippen LogP contribution in [0.15, 0.2) is 70.4 Å². The van der Waals surface area contributed by atoms with Crippen LogP contribution in [-0.4, -0.2) is 9.55 Å². The highest BCUT2D eigenvalue weighted by atomic mass is 35.5. The van der Waals surface area contributed by atoms with E-state index < -0.39 is 5.63 Å². The van der Waals surface area contributed by atoms with Crippen LogP contribution >= 0.6 is 11.6 Å². The Hall–Kier alpha value is -3.90. The van der Waals surface area contributed by atoms with Crippen molar-refractivity contribution in [2.75, 3.05) is 5.73 Å². The average Bonchev–Trinajstić information content (AvgIpc) is 3.12. The number of allylic oxidation sites excluding steroid dienone is 2. The van der Waals surface area contributed by atoms with Crippen LogP contribution in [-0.2, 0) is 13.0 Å². The first-order valence-corrected chi connectivity index (χ1v) is 11.2. The van der Waals surface area contributed by atoms with Gasteiger partial charge in [0.25, 0.3) is 0 Å². The van der Waals surface area contributed by atoms with Gasteiger partial charge in [-0.2, -0.15) is 0 Å². The van der Waals surface area contributed by atoms with E-state index in [4.69, 9.17) is 21.8 Å². The molecule has 0 saturated carbocycles. The van der Waals surface area contributed by atoms with Crippen LogP contribution in [0.3, 0.4) is 0 Å². The molecule has 0 saturated heterocycles. The van der Waals surface area contributed by atoms with Crippen LogP contribution in [0.1, 0.15) is 23.6 Å². The molecule has 0 amide bonds. The van der Waals surface area contributed by atoms with Crippen molar-refractivity contribution in [1.29, 1.82) is 0 Å². The summed E-state index contributed by atoms with van der Waals surface area (Å²) in [5.41, 5.74) is 8.86. The Morgan fingerprint density at radius 1 is 1.24 bits per heavy atom. The Balaban J connectivity index is 1.88. The fraction of sp³-hybridized carbons (Fsp3) is 0.111. The molecule has 0 radical (unpaired) electrons. The van der Waals surface area contributed by atoms with E-state index in [2.05, 4.69) is 11.6 Å². The number of aryl methyl sites for hydroxylation is 1. The summed E-state index contributed by atoms with van der Waals surface area (Å²) in [7, 11) is 0. The maximum absolute atomic E-state index is 14.9. The SMILES string of the molecule is C=C/C=C\c1c(N)oc(=O)c2c1c1cc(CC)c(F)cc1n2Cc1cc2ccccc2nc1Cl. The molecular weight excluding hydrogens is 453 g/mol. The number of hydrogen-bond donors (Lipinski definition) is 1. The van der Waals surface area contributed by atoms with E-state index in [9.17, 15) is 9.18 Å². The molecule has 0 atom stereocenters. The van der Waals surface area contributed by atoms with E-state index in [0.29, 0.717) is 44.6 Å². The lowest BCUT2D eigenvalue weighted by atomic mass is 10.0. The summed E-state index contributed by atoms with van der Waals surface area (Å²) in [5.74, 6) is -0.357. The number of aromatic nitrogens is 2. The van der Waals surface area contributed by atoms with Gasteiger partial charge in [-0.1, -0.05) is 55.5 Å². The highest BCUT2D eigenvalue weighted by Gasteiger charge is 2.22. The average molecular weight is 474 g/mol. The Morgan fingerprint density at radius 3 is 2.79 bits per heavy atom. The molecule has 170 valence electrons. The van der Waals surface area contributed by atoms with Gasteiger partial charge in [0.2, 0.25) is 5.88 Å². The third-order valence-electron chi connectivity index (χ3n) is 6.02. The van der Waals surface area contributed by atoms with Crippen LogP contribution in [0.2, 0.25) is 5.15 Å². The molecule has 0 unspecified atom stereocenters. The number of benzene rings is 2. The van der Waals surface area contributed by atoms with E-state index in [1.807, 2.05) is 37.3 Å². The number of rotatable bonds is 5. The van der Waals surface area contributed by atoms with Gasteiger partial charge in [0.05, 0.1) is 17.6 Å². The molecule has 5 nitrogen and oxygen atoms in total. The zero-order chi connectivity index (χ0) is 24.0. The van der Waals surface area contributed by atoms with Gasteiger partial charge in [-0.3, -0.25) is 0 Å². The molecule has 2 N–H and O–H groups in total. The summed E-state index contributed by atoms with van der Waals surface area (Å²) in [5, 5.41) is 2.53. The van der Waals surface area contributed by atoms with Crippen LogP contribution in [0.5, 0.6) is 0 Å². The zero-order valence-electron chi connectivity index (χ0n) is 18.4. The van der Waals surface area contributed by atoms with Crippen molar-refractivity contribution in [2.45, 2.75) is 19.9 Å². The van der Waals surface area contributed by atoms with Gasteiger partial charge < -0.3 is 14.7 Å². The lowest BCUT2D eigenvalue weighted by Gasteiger charge is -2.10. The van der Waals surface area contributed by atoms with Crippen molar-refractivity contribution >= 4 is 56.3 Å². The number of nitrogens with two attached hydrogens (primary N) is 1. The lowest BCUT2D eigenvalue weighted by molar-refractivity contribution is 0.535. The van der Waals surface area contributed by atoms with E-state index in [0.717, 1.165) is 10.9 Å². The summed E-state index contributed by atoms with van der Waals surface area (Å²) in [6, 6.07) is 12.8. The van der Waals surface area contributed by atoms with Gasteiger partial charge >= 0.3 is 5.63 Å². The lowest BCUT2D eigenvalue weighted by Crippen LogP contribution is -2.11. The molecule has 0 aliphatic carbocycles. The van der Waals surface area contributed by atoms with Crippen molar-refractivity contribution in [3.05, 3.63) is 99.3 Å². The third-order valence-corrected chi connectivity index (χ3v) is 6.35. The normalized spacial score (nSPS) is 11.9. The van der Waals surface area contributed by atoms with Crippen LogP contribution in [0.4, 0.5) is 10.3 Å². The number of fused-ring (bicyclic) bond motifs is 4. The predicted octanol–water partition coefficient (Wildman–Crippen LogP) is 6.48.